The fraction of sp³-hybridized carbons (Fsp3) is 0.818. The lowest BCUT2D eigenvalue weighted by Crippen LogP contribution is -2.39. The third kappa shape index (κ3) is 7.99. The Hall–Kier alpha value is -0.810. The second-order valence-corrected chi connectivity index (χ2v) is 4.67. The van der Waals surface area contributed by atoms with Crippen LogP contribution in [0.5, 0.6) is 0 Å². The van der Waals surface area contributed by atoms with Gasteiger partial charge < -0.3 is 15.8 Å². The van der Waals surface area contributed by atoms with Crippen molar-refractivity contribution in [1.29, 1.82) is 0 Å². The van der Waals surface area contributed by atoms with Crippen molar-refractivity contribution in [2.75, 3.05) is 13.7 Å². The molecule has 0 heterocycles. The maximum Gasteiger partial charge on any atom is 0.313 e. The first-order valence-corrected chi connectivity index (χ1v) is 5.40. The normalized spacial score (nSPS) is 12.3. The van der Waals surface area contributed by atoms with Crippen molar-refractivity contribution < 1.29 is 14.3 Å². The van der Waals surface area contributed by atoms with Crippen LogP contribution < -0.4 is 11.1 Å². The van der Waals surface area contributed by atoms with Crippen molar-refractivity contribution in [2.24, 2.45) is 11.1 Å². The monoisotopic (exact) mass is 266 g/mol. The van der Waals surface area contributed by atoms with Gasteiger partial charge in [-0.2, -0.15) is 0 Å². The van der Waals surface area contributed by atoms with Crippen LogP contribution in [0.4, 0.5) is 0 Å². The number of nitrogens with one attached hydrogen (secondary N) is 1. The number of nitrogens with two attached hydrogens (primary N) is 1. The molecule has 1 atom stereocenters. The molecule has 0 saturated heterocycles. The van der Waals surface area contributed by atoms with E-state index in [-0.39, 0.29) is 36.9 Å². The number of esters is 1. The Balaban J connectivity index is 0. The number of hydrogen-bond donors (Lipinski definition) is 2. The van der Waals surface area contributed by atoms with Crippen LogP contribution in [-0.2, 0) is 14.3 Å². The van der Waals surface area contributed by atoms with Gasteiger partial charge in [0.25, 0.3) is 0 Å². The van der Waals surface area contributed by atoms with Gasteiger partial charge in [-0.25, -0.2) is 0 Å². The minimum atomic E-state index is -0.696. The van der Waals surface area contributed by atoms with Gasteiger partial charge in [0.1, 0.15) is 0 Å². The average Bonchev–Trinajstić information content (AvgIpc) is 2.22. The molecule has 17 heavy (non-hydrogen) atoms. The highest BCUT2D eigenvalue weighted by molar-refractivity contribution is 5.85. The van der Waals surface area contributed by atoms with Gasteiger partial charge in [0.15, 0.2) is 0 Å². The number of hydrogen-bond acceptors (Lipinski definition) is 4. The third-order valence-corrected chi connectivity index (χ3v) is 2.29. The van der Waals surface area contributed by atoms with E-state index < -0.39 is 5.41 Å². The maximum atomic E-state index is 11.4. The zero-order valence-corrected chi connectivity index (χ0v) is 11.7. The molecule has 0 aliphatic heterocycles. The van der Waals surface area contributed by atoms with Crippen LogP contribution in [-0.4, -0.2) is 31.6 Å². The largest absolute Gasteiger partial charge is 0.469 e. The van der Waals surface area contributed by atoms with E-state index >= 15 is 0 Å². The predicted octanol–water partition coefficient (Wildman–Crippen LogP) is 0.851. The molecule has 0 bridgehead atoms. The molecule has 1 unspecified atom stereocenters. The standard InChI is InChI=1S/C11H22N2O3.ClH/c1-8(12)5-6-9(14)13-7-11(2,3)10(15)16-4;/h8H,5-7,12H2,1-4H3,(H,13,14);1H. The van der Waals surface area contributed by atoms with E-state index in [1.165, 1.54) is 7.11 Å². The second-order valence-electron chi connectivity index (χ2n) is 4.67. The predicted molar refractivity (Wildman–Crippen MR) is 68.9 cm³/mol. The Kier molecular flexibility index (Phi) is 9.06. The lowest BCUT2D eigenvalue weighted by molar-refractivity contribution is -0.150. The molecular formula is C11H23ClN2O3. The molecule has 5 nitrogen and oxygen atoms in total. The van der Waals surface area contributed by atoms with Crippen LogP contribution in [0.3, 0.4) is 0 Å². The molecule has 0 rings (SSSR count). The van der Waals surface area contributed by atoms with Gasteiger partial charge >= 0.3 is 5.97 Å². The molecule has 3 N–H and O–H groups in total. The van der Waals surface area contributed by atoms with Crippen LogP contribution in [0.1, 0.15) is 33.6 Å². The number of rotatable bonds is 6. The fourth-order valence-corrected chi connectivity index (χ4v) is 1.12. The second kappa shape index (κ2) is 8.31. The highest BCUT2D eigenvalue weighted by Crippen LogP contribution is 2.15. The molecule has 1 amide bonds. The van der Waals surface area contributed by atoms with Crippen molar-refractivity contribution in [1.82, 2.24) is 5.32 Å². The number of carbonyl (C=O) groups excluding carboxylic acids is 2. The van der Waals surface area contributed by atoms with Gasteiger partial charge in [-0.15, -0.1) is 12.4 Å². The summed E-state index contributed by atoms with van der Waals surface area (Å²) in [5.41, 5.74) is 4.84. The molecule has 0 saturated carbocycles. The minimum absolute atomic E-state index is 0. The Morgan fingerprint density at radius 3 is 2.35 bits per heavy atom. The van der Waals surface area contributed by atoms with Crippen molar-refractivity contribution in [3.05, 3.63) is 0 Å². The maximum absolute atomic E-state index is 11.4. The van der Waals surface area contributed by atoms with E-state index in [4.69, 9.17) is 5.73 Å². The van der Waals surface area contributed by atoms with Crippen molar-refractivity contribution in [3.8, 4) is 0 Å². The van der Waals surface area contributed by atoms with Gasteiger partial charge in [0, 0.05) is 19.0 Å². The van der Waals surface area contributed by atoms with E-state index in [1.54, 1.807) is 13.8 Å². The number of halogens is 1. The summed E-state index contributed by atoms with van der Waals surface area (Å²) in [7, 11) is 1.34. The van der Waals surface area contributed by atoms with E-state index in [9.17, 15) is 9.59 Å². The van der Waals surface area contributed by atoms with Gasteiger partial charge in [0.2, 0.25) is 5.91 Å². The molecule has 0 aliphatic rings. The van der Waals surface area contributed by atoms with E-state index in [0.29, 0.717) is 12.8 Å². The number of ether oxygens (including phenoxy) is 1. The van der Waals surface area contributed by atoms with Crippen LogP contribution in [0, 0.1) is 5.41 Å². The topological polar surface area (TPSA) is 81.4 Å². The lowest BCUT2D eigenvalue weighted by atomic mass is 9.93. The summed E-state index contributed by atoms with van der Waals surface area (Å²) in [5.74, 6) is -0.422. The summed E-state index contributed by atoms with van der Waals surface area (Å²) in [6, 6.07) is 0.0133. The highest BCUT2D eigenvalue weighted by atomic mass is 35.5. The van der Waals surface area contributed by atoms with E-state index in [0.717, 1.165) is 0 Å². The van der Waals surface area contributed by atoms with Crippen molar-refractivity contribution in [3.63, 3.8) is 0 Å². The summed E-state index contributed by atoms with van der Waals surface area (Å²) in [5, 5.41) is 2.70. The Morgan fingerprint density at radius 1 is 1.41 bits per heavy atom. The Morgan fingerprint density at radius 2 is 1.94 bits per heavy atom. The third-order valence-electron chi connectivity index (χ3n) is 2.29. The summed E-state index contributed by atoms with van der Waals surface area (Å²) < 4.78 is 4.64. The highest BCUT2D eigenvalue weighted by Gasteiger charge is 2.28. The van der Waals surface area contributed by atoms with Crippen molar-refractivity contribution >= 4 is 24.3 Å². The van der Waals surface area contributed by atoms with E-state index in [2.05, 4.69) is 10.1 Å². The zero-order valence-electron chi connectivity index (χ0n) is 10.9. The Bertz CT molecular complexity index is 255. The molecule has 6 heteroatoms. The lowest BCUT2D eigenvalue weighted by Gasteiger charge is -2.21. The van der Waals surface area contributed by atoms with Gasteiger partial charge in [0.05, 0.1) is 12.5 Å². The molecule has 0 aliphatic carbocycles. The smallest absolute Gasteiger partial charge is 0.313 e. The molecule has 0 radical (unpaired) electrons. The molecule has 0 fully saturated rings. The molecule has 0 spiro atoms. The molecular weight excluding hydrogens is 244 g/mol. The fourth-order valence-electron chi connectivity index (χ4n) is 1.12. The van der Waals surface area contributed by atoms with Crippen LogP contribution in [0.15, 0.2) is 0 Å². The molecule has 0 aromatic heterocycles. The zero-order chi connectivity index (χ0) is 12.8. The quantitative estimate of drug-likeness (QED) is 0.699. The molecule has 0 aromatic rings. The van der Waals surface area contributed by atoms with Gasteiger partial charge in [-0.3, -0.25) is 9.59 Å². The summed E-state index contributed by atoms with van der Waals surface area (Å²) in [4.78, 5) is 22.7. The number of methoxy groups -OCH3 is 1. The average molecular weight is 267 g/mol. The summed E-state index contributed by atoms with van der Waals surface area (Å²) in [6.07, 6.45) is 1.03. The molecule has 102 valence electrons. The van der Waals surface area contributed by atoms with Crippen LogP contribution in [0.25, 0.3) is 0 Å². The van der Waals surface area contributed by atoms with Gasteiger partial charge in [-0.1, -0.05) is 0 Å². The van der Waals surface area contributed by atoms with Crippen LogP contribution in [0.2, 0.25) is 0 Å². The van der Waals surface area contributed by atoms with Gasteiger partial charge in [-0.05, 0) is 27.2 Å². The minimum Gasteiger partial charge on any atom is -0.469 e. The Labute approximate surface area is 109 Å². The number of carbonyl (C=O) groups is 2. The summed E-state index contributed by atoms with van der Waals surface area (Å²) >= 11 is 0. The SMILES string of the molecule is COC(=O)C(C)(C)CNC(=O)CCC(C)N.Cl. The van der Waals surface area contributed by atoms with Crippen LogP contribution >= 0.6 is 12.4 Å². The first-order chi connectivity index (χ1) is 7.29. The first-order valence-electron chi connectivity index (χ1n) is 5.40. The summed E-state index contributed by atoms with van der Waals surface area (Å²) in [6.45, 7) is 5.58. The van der Waals surface area contributed by atoms with Crippen molar-refractivity contribution in [2.45, 2.75) is 39.7 Å². The molecule has 0 aromatic carbocycles. The van der Waals surface area contributed by atoms with E-state index in [1.807, 2.05) is 6.92 Å². The first kappa shape index (κ1) is 18.6. The number of amides is 1.